The van der Waals surface area contributed by atoms with E-state index in [9.17, 15) is 13.2 Å². The smallest absolute Gasteiger partial charge is 0.319 e. The Balaban J connectivity index is 1.77. The molecule has 0 unspecified atom stereocenters. The van der Waals surface area contributed by atoms with Crippen molar-refractivity contribution in [1.29, 1.82) is 0 Å². The molecule has 1 aliphatic heterocycles. The maximum absolute atomic E-state index is 12.3. The zero-order valence-corrected chi connectivity index (χ0v) is 22.2. The van der Waals surface area contributed by atoms with Gasteiger partial charge in [-0.3, -0.25) is 9.18 Å². The molecule has 2 amide bonds. The SMILES string of the molecule is C/N=C\C(=C/NC)CNC(=O)Nc1ccc(-c2nc(COS(C)(=O)=O)cc(N3CCOC[C@@H]3C)n2)cc1. The van der Waals surface area contributed by atoms with E-state index >= 15 is 0 Å². The summed E-state index contributed by atoms with van der Waals surface area (Å²) in [4.78, 5) is 27.6. The van der Waals surface area contributed by atoms with Gasteiger partial charge in [-0.2, -0.15) is 8.42 Å². The highest BCUT2D eigenvalue weighted by atomic mass is 32.2. The molecule has 200 valence electrons. The van der Waals surface area contributed by atoms with Gasteiger partial charge in [0.1, 0.15) is 12.4 Å². The molecule has 1 atom stereocenters. The molecular formula is C24H33N7O5S. The molecule has 0 radical (unpaired) electrons. The fraction of sp³-hybridized carbons (Fsp3) is 0.417. The first-order chi connectivity index (χ1) is 17.7. The van der Waals surface area contributed by atoms with Gasteiger partial charge < -0.3 is 25.6 Å². The third-order valence-corrected chi connectivity index (χ3v) is 5.87. The Morgan fingerprint density at radius 1 is 1.30 bits per heavy atom. The van der Waals surface area contributed by atoms with Crippen molar-refractivity contribution in [2.45, 2.75) is 19.6 Å². The Morgan fingerprint density at radius 3 is 2.70 bits per heavy atom. The molecule has 1 aromatic heterocycles. The largest absolute Gasteiger partial charge is 0.394 e. The number of amides is 2. The molecule has 3 N–H and O–H groups in total. The van der Waals surface area contributed by atoms with E-state index in [4.69, 9.17) is 13.9 Å². The van der Waals surface area contributed by atoms with E-state index in [1.165, 1.54) is 0 Å². The molecule has 0 spiro atoms. The number of hydrogen-bond acceptors (Lipinski definition) is 10. The van der Waals surface area contributed by atoms with Crippen LogP contribution < -0.4 is 20.9 Å². The van der Waals surface area contributed by atoms with Crippen LogP contribution in [0.5, 0.6) is 0 Å². The molecule has 1 aliphatic rings. The summed E-state index contributed by atoms with van der Waals surface area (Å²) in [6.07, 6.45) is 4.41. The van der Waals surface area contributed by atoms with Crippen LogP contribution in [-0.4, -0.2) is 83.3 Å². The Bertz CT molecular complexity index is 1230. The number of nitrogens with zero attached hydrogens (tertiary/aromatic N) is 4. The summed E-state index contributed by atoms with van der Waals surface area (Å²) in [6.45, 7) is 3.92. The summed E-state index contributed by atoms with van der Waals surface area (Å²) in [7, 11) is -0.205. The van der Waals surface area contributed by atoms with Crippen LogP contribution in [-0.2, 0) is 25.6 Å². The minimum atomic E-state index is -3.64. The molecule has 1 saturated heterocycles. The molecule has 1 fully saturated rings. The summed E-state index contributed by atoms with van der Waals surface area (Å²) >= 11 is 0. The van der Waals surface area contributed by atoms with E-state index in [1.807, 2.05) is 6.92 Å². The van der Waals surface area contributed by atoms with E-state index in [0.717, 1.165) is 11.8 Å². The number of carbonyl (C=O) groups excluding carboxylic acids is 1. The summed E-state index contributed by atoms with van der Waals surface area (Å²) in [5, 5.41) is 8.47. The van der Waals surface area contributed by atoms with E-state index in [-0.39, 0.29) is 18.7 Å². The highest BCUT2D eigenvalue weighted by Gasteiger charge is 2.22. The van der Waals surface area contributed by atoms with Crippen LogP contribution in [0.15, 0.2) is 47.1 Å². The van der Waals surface area contributed by atoms with Crippen molar-refractivity contribution in [3.05, 3.63) is 47.8 Å². The fourth-order valence-electron chi connectivity index (χ4n) is 3.61. The van der Waals surface area contributed by atoms with Gasteiger partial charge in [0, 0.05) is 62.5 Å². The second-order valence-corrected chi connectivity index (χ2v) is 10.0. The highest BCUT2D eigenvalue weighted by Crippen LogP contribution is 2.24. The second-order valence-electron chi connectivity index (χ2n) is 8.40. The summed E-state index contributed by atoms with van der Waals surface area (Å²) < 4.78 is 33.6. The molecular weight excluding hydrogens is 498 g/mol. The van der Waals surface area contributed by atoms with E-state index in [1.54, 1.807) is 56.8 Å². The van der Waals surface area contributed by atoms with Crippen LogP contribution in [0.4, 0.5) is 16.3 Å². The quantitative estimate of drug-likeness (QED) is 0.308. The highest BCUT2D eigenvalue weighted by molar-refractivity contribution is 7.85. The normalized spacial score (nSPS) is 16.6. The molecule has 2 aromatic rings. The van der Waals surface area contributed by atoms with Crippen molar-refractivity contribution < 1.29 is 22.1 Å². The van der Waals surface area contributed by atoms with Gasteiger partial charge in [-0.05, 0) is 31.2 Å². The third-order valence-electron chi connectivity index (χ3n) is 5.33. The van der Waals surface area contributed by atoms with Crippen molar-refractivity contribution in [2.75, 3.05) is 56.9 Å². The van der Waals surface area contributed by atoms with E-state index in [2.05, 4.69) is 30.8 Å². The molecule has 1 aromatic carbocycles. The Hall–Kier alpha value is -3.55. The number of ether oxygens (including phenoxy) is 1. The number of rotatable bonds is 10. The average Bonchev–Trinajstić information content (AvgIpc) is 2.86. The van der Waals surface area contributed by atoms with E-state index in [0.29, 0.717) is 54.9 Å². The molecule has 12 nitrogen and oxygen atoms in total. The van der Waals surface area contributed by atoms with Gasteiger partial charge in [-0.1, -0.05) is 0 Å². The monoisotopic (exact) mass is 531 g/mol. The van der Waals surface area contributed by atoms with Crippen LogP contribution in [0, 0.1) is 0 Å². The van der Waals surface area contributed by atoms with Gasteiger partial charge in [0.15, 0.2) is 5.82 Å². The van der Waals surface area contributed by atoms with Gasteiger partial charge >= 0.3 is 6.03 Å². The van der Waals surface area contributed by atoms with Crippen molar-refractivity contribution in [2.24, 2.45) is 4.99 Å². The first kappa shape index (κ1) is 28.0. The summed E-state index contributed by atoms with van der Waals surface area (Å²) in [5.41, 5.74) is 2.54. The second kappa shape index (κ2) is 13.1. The van der Waals surface area contributed by atoms with Crippen molar-refractivity contribution in [3.63, 3.8) is 0 Å². The van der Waals surface area contributed by atoms with Crippen LogP contribution >= 0.6 is 0 Å². The zero-order valence-electron chi connectivity index (χ0n) is 21.4. The molecule has 0 aliphatic carbocycles. The lowest BCUT2D eigenvalue weighted by atomic mass is 10.2. The lowest BCUT2D eigenvalue weighted by Gasteiger charge is -2.34. The first-order valence-corrected chi connectivity index (χ1v) is 13.5. The minimum absolute atomic E-state index is 0.0948. The molecule has 13 heteroatoms. The third kappa shape index (κ3) is 8.81. The zero-order chi connectivity index (χ0) is 26.8. The Labute approximate surface area is 217 Å². The minimum Gasteiger partial charge on any atom is -0.394 e. The number of morpholine rings is 1. The number of carbonyl (C=O) groups is 1. The number of anilines is 2. The van der Waals surface area contributed by atoms with Gasteiger partial charge in [0.05, 0.1) is 31.2 Å². The van der Waals surface area contributed by atoms with Crippen molar-refractivity contribution >= 4 is 33.9 Å². The molecule has 0 bridgehead atoms. The van der Waals surface area contributed by atoms with Crippen molar-refractivity contribution in [1.82, 2.24) is 20.6 Å². The predicted molar refractivity (Wildman–Crippen MR) is 143 cm³/mol. The van der Waals surface area contributed by atoms with Gasteiger partial charge in [0.25, 0.3) is 10.1 Å². The number of aliphatic imine (C=N–C) groups is 1. The summed E-state index contributed by atoms with van der Waals surface area (Å²) in [6, 6.07) is 8.52. The fourth-order valence-corrected chi connectivity index (χ4v) is 3.95. The maximum atomic E-state index is 12.3. The Kier molecular flexibility index (Phi) is 9.94. The number of benzene rings is 1. The lowest BCUT2D eigenvalue weighted by molar-refractivity contribution is 0.0985. The van der Waals surface area contributed by atoms with E-state index < -0.39 is 10.1 Å². The van der Waals surface area contributed by atoms with Crippen LogP contribution in [0.2, 0.25) is 0 Å². The maximum Gasteiger partial charge on any atom is 0.319 e. The van der Waals surface area contributed by atoms with Gasteiger partial charge in [-0.25, -0.2) is 14.8 Å². The topological polar surface area (TPSA) is 147 Å². The van der Waals surface area contributed by atoms with Gasteiger partial charge in [0.2, 0.25) is 0 Å². The number of hydrogen-bond donors (Lipinski definition) is 3. The molecule has 37 heavy (non-hydrogen) atoms. The predicted octanol–water partition coefficient (Wildman–Crippen LogP) is 1.77. The molecule has 2 heterocycles. The standard InChI is InChI=1S/C24H33N7O5S/c1-17-15-35-10-9-31(17)22-11-21(16-36-37(4,33)34)28-23(30-22)19-5-7-20(8-6-19)29-24(32)27-14-18(12-25-2)13-26-3/h5-8,11-13,17,25H,9-10,14-16H2,1-4H3,(H2,27,29,32)/b18-12+,26-13-/t17-/m0/s1. The number of nitrogens with one attached hydrogen (secondary N) is 3. The Morgan fingerprint density at radius 2 is 2.05 bits per heavy atom. The molecule has 3 rings (SSSR count). The number of urea groups is 1. The van der Waals surface area contributed by atoms with Gasteiger partial charge in [-0.15, -0.1) is 0 Å². The van der Waals surface area contributed by atoms with Crippen LogP contribution in [0.25, 0.3) is 11.4 Å². The lowest BCUT2D eigenvalue weighted by Crippen LogP contribution is -2.44. The average molecular weight is 532 g/mol. The van der Waals surface area contributed by atoms with Crippen LogP contribution in [0.3, 0.4) is 0 Å². The molecule has 0 saturated carbocycles. The number of aromatic nitrogens is 2. The summed E-state index contributed by atoms with van der Waals surface area (Å²) in [5.74, 6) is 1.08. The van der Waals surface area contributed by atoms with Crippen LogP contribution in [0.1, 0.15) is 12.6 Å². The first-order valence-electron chi connectivity index (χ1n) is 11.7. The van der Waals surface area contributed by atoms with Crippen molar-refractivity contribution in [3.8, 4) is 11.4 Å².